The summed E-state index contributed by atoms with van der Waals surface area (Å²) in [5, 5.41) is 3.68. The Kier molecular flexibility index (Phi) is 5.79. The van der Waals surface area contributed by atoms with Gasteiger partial charge < -0.3 is 10.1 Å². The van der Waals surface area contributed by atoms with E-state index < -0.39 is 12.1 Å². The molecule has 4 rings (SSSR count). The number of aromatic nitrogens is 1. The topological polar surface area (TPSA) is 68.3 Å². The van der Waals surface area contributed by atoms with Crippen LogP contribution in [-0.4, -0.2) is 29.5 Å². The monoisotopic (exact) mass is 402 g/mol. The number of benzene rings is 2. The smallest absolute Gasteiger partial charge is 0.339 e. The van der Waals surface area contributed by atoms with E-state index in [-0.39, 0.29) is 11.8 Å². The molecule has 5 heteroatoms. The number of rotatable bonds is 6. The molecule has 0 unspecified atom stereocenters. The fraction of sp³-hybridized carbons (Fsp3) is 0.320. The number of fused-ring (bicyclic) bond motifs is 2. The Morgan fingerprint density at radius 1 is 1.03 bits per heavy atom. The Hall–Kier alpha value is -3.21. The zero-order chi connectivity index (χ0) is 21.1. The minimum absolute atomic E-state index is 0.172. The Morgan fingerprint density at radius 3 is 2.57 bits per heavy atom. The first-order valence-electron chi connectivity index (χ1n) is 10.5. The number of carbonyl (C=O) groups excluding carboxylic acids is 2. The number of hydrogen-bond acceptors (Lipinski definition) is 4. The van der Waals surface area contributed by atoms with E-state index in [4.69, 9.17) is 9.72 Å². The molecule has 0 fully saturated rings. The van der Waals surface area contributed by atoms with Gasteiger partial charge >= 0.3 is 5.97 Å². The van der Waals surface area contributed by atoms with Gasteiger partial charge in [-0.15, -0.1) is 0 Å². The predicted molar refractivity (Wildman–Crippen MR) is 117 cm³/mol. The van der Waals surface area contributed by atoms with Gasteiger partial charge in [-0.05, 0) is 49.3 Å². The van der Waals surface area contributed by atoms with E-state index in [1.807, 2.05) is 54.6 Å². The van der Waals surface area contributed by atoms with Crippen LogP contribution in [0.3, 0.4) is 0 Å². The number of esters is 1. The van der Waals surface area contributed by atoms with Gasteiger partial charge in [0.1, 0.15) is 0 Å². The van der Waals surface area contributed by atoms with E-state index in [0.717, 1.165) is 47.0 Å². The second kappa shape index (κ2) is 8.66. The molecule has 0 saturated carbocycles. The standard InChI is InChI=1S/C25H26N2O3/c1-16(18-9-4-3-5-10-18)15-26-24(28)17(2)30-25(29)23-19-11-6-7-13-21(19)27-22-14-8-12-20(22)23/h3-7,9-11,13,16-17H,8,12,14-15H2,1-2H3,(H,26,28)/t16-,17-/m1/s1. The second-order valence-electron chi connectivity index (χ2n) is 7.89. The average Bonchev–Trinajstić information content (AvgIpc) is 3.23. The van der Waals surface area contributed by atoms with Gasteiger partial charge in [0, 0.05) is 17.6 Å². The Labute approximate surface area is 176 Å². The third-order valence-corrected chi connectivity index (χ3v) is 5.73. The molecule has 2 aromatic carbocycles. The molecule has 0 bridgehead atoms. The number of aryl methyl sites for hydroxylation is 1. The van der Waals surface area contributed by atoms with Crippen molar-refractivity contribution < 1.29 is 14.3 Å². The van der Waals surface area contributed by atoms with Crippen LogP contribution in [0.5, 0.6) is 0 Å². The highest BCUT2D eigenvalue weighted by Gasteiger charge is 2.27. The second-order valence-corrected chi connectivity index (χ2v) is 7.89. The SMILES string of the molecule is C[C@H](CNC(=O)[C@@H](C)OC(=O)c1c2c(nc3ccccc13)CCC2)c1ccccc1. The van der Waals surface area contributed by atoms with Crippen LogP contribution < -0.4 is 5.32 Å². The van der Waals surface area contributed by atoms with Crippen LogP contribution in [0.25, 0.3) is 10.9 Å². The summed E-state index contributed by atoms with van der Waals surface area (Å²) in [7, 11) is 0. The van der Waals surface area contributed by atoms with Crippen molar-refractivity contribution in [2.45, 2.75) is 45.1 Å². The van der Waals surface area contributed by atoms with E-state index in [1.54, 1.807) is 6.92 Å². The molecule has 0 spiro atoms. The van der Waals surface area contributed by atoms with Crippen LogP contribution in [0, 0.1) is 0 Å². The summed E-state index contributed by atoms with van der Waals surface area (Å²) >= 11 is 0. The van der Waals surface area contributed by atoms with E-state index in [2.05, 4.69) is 12.2 Å². The van der Waals surface area contributed by atoms with Crippen molar-refractivity contribution in [1.29, 1.82) is 0 Å². The van der Waals surface area contributed by atoms with Crippen LogP contribution >= 0.6 is 0 Å². The molecule has 1 aromatic heterocycles. The normalized spacial score (nSPS) is 14.7. The molecule has 1 aliphatic rings. The number of nitrogens with one attached hydrogen (secondary N) is 1. The number of amides is 1. The number of para-hydroxylation sites is 1. The minimum atomic E-state index is -0.871. The summed E-state index contributed by atoms with van der Waals surface area (Å²) < 4.78 is 5.59. The van der Waals surface area contributed by atoms with Crippen molar-refractivity contribution in [1.82, 2.24) is 10.3 Å². The number of carbonyl (C=O) groups is 2. The summed E-state index contributed by atoms with van der Waals surface area (Å²) in [4.78, 5) is 30.3. The molecule has 1 N–H and O–H groups in total. The maximum Gasteiger partial charge on any atom is 0.339 e. The van der Waals surface area contributed by atoms with E-state index in [9.17, 15) is 9.59 Å². The highest BCUT2D eigenvalue weighted by Crippen LogP contribution is 2.30. The molecule has 1 heterocycles. The van der Waals surface area contributed by atoms with Crippen LogP contribution in [0.15, 0.2) is 54.6 Å². The summed E-state index contributed by atoms with van der Waals surface area (Å²) in [6, 6.07) is 17.6. The highest BCUT2D eigenvalue weighted by molar-refractivity contribution is 6.05. The Bertz CT molecular complexity index is 1080. The predicted octanol–water partition coefficient (Wildman–Crippen LogP) is 4.19. The molecule has 1 amide bonds. The van der Waals surface area contributed by atoms with E-state index >= 15 is 0 Å². The lowest BCUT2D eigenvalue weighted by atomic mass is 10.0. The van der Waals surface area contributed by atoms with Gasteiger partial charge in [0.05, 0.1) is 11.1 Å². The first kappa shape index (κ1) is 20.1. The van der Waals surface area contributed by atoms with Gasteiger partial charge in [0.15, 0.2) is 6.10 Å². The molecule has 5 nitrogen and oxygen atoms in total. The molecule has 3 aromatic rings. The summed E-state index contributed by atoms with van der Waals surface area (Å²) in [6.07, 6.45) is 1.79. The molecule has 0 aliphatic heterocycles. The number of hydrogen-bond donors (Lipinski definition) is 1. The van der Waals surface area contributed by atoms with Gasteiger partial charge in [-0.2, -0.15) is 0 Å². The van der Waals surface area contributed by atoms with Crippen LogP contribution in [0.4, 0.5) is 0 Å². The van der Waals surface area contributed by atoms with Crippen molar-refractivity contribution in [2.75, 3.05) is 6.54 Å². The third-order valence-electron chi connectivity index (χ3n) is 5.73. The van der Waals surface area contributed by atoms with Gasteiger partial charge in [-0.25, -0.2) is 4.79 Å². The van der Waals surface area contributed by atoms with E-state index in [1.165, 1.54) is 0 Å². The zero-order valence-electron chi connectivity index (χ0n) is 17.4. The highest BCUT2D eigenvalue weighted by atomic mass is 16.5. The van der Waals surface area contributed by atoms with Crippen molar-refractivity contribution in [2.24, 2.45) is 0 Å². The zero-order valence-corrected chi connectivity index (χ0v) is 17.4. The number of pyridine rings is 1. The third kappa shape index (κ3) is 4.06. The molecular weight excluding hydrogens is 376 g/mol. The fourth-order valence-corrected chi connectivity index (χ4v) is 4.01. The summed E-state index contributed by atoms with van der Waals surface area (Å²) in [5.74, 6) is -0.572. The molecule has 1 aliphatic carbocycles. The number of nitrogens with zero attached hydrogens (tertiary/aromatic N) is 1. The van der Waals surface area contributed by atoms with Crippen molar-refractivity contribution in [3.05, 3.63) is 77.0 Å². The van der Waals surface area contributed by atoms with Crippen molar-refractivity contribution in [3.8, 4) is 0 Å². The van der Waals surface area contributed by atoms with Crippen LogP contribution in [0.2, 0.25) is 0 Å². The molecular formula is C25H26N2O3. The summed E-state index contributed by atoms with van der Waals surface area (Å²) in [5.41, 5.74) is 4.43. The van der Waals surface area contributed by atoms with Gasteiger partial charge in [0.2, 0.25) is 0 Å². The van der Waals surface area contributed by atoms with Crippen LogP contribution in [-0.2, 0) is 22.4 Å². The lowest BCUT2D eigenvalue weighted by Gasteiger charge is -2.18. The van der Waals surface area contributed by atoms with Gasteiger partial charge in [-0.1, -0.05) is 55.5 Å². The molecule has 0 saturated heterocycles. The van der Waals surface area contributed by atoms with Gasteiger partial charge in [-0.3, -0.25) is 9.78 Å². The quantitative estimate of drug-likeness (QED) is 0.628. The lowest BCUT2D eigenvalue weighted by molar-refractivity contribution is -0.129. The molecule has 30 heavy (non-hydrogen) atoms. The lowest BCUT2D eigenvalue weighted by Crippen LogP contribution is -2.37. The van der Waals surface area contributed by atoms with Gasteiger partial charge in [0.25, 0.3) is 5.91 Å². The maximum absolute atomic E-state index is 13.1. The molecule has 154 valence electrons. The largest absolute Gasteiger partial charge is 0.449 e. The Balaban J connectivity index is 1.46. The number of ether oxygens (including phenoxy) is 1. The first-order chi connectivity index (χ1) is 14.5. The van der Waals surface area contributed by atoms with Crippen LogP contribution in [0.1, 0.15) is 53.4 Å². The van der Waals surface area contributed by atoms with Crippen molar-refractivity contribution in [3.63, 3.8) is 0 Å². The maximum atomic E-state index is 13.1. The van der Waals surface area contributed by atoms with E-state index in [0.29, 0.717) is 12.1 Å². The average molecular weight is 402 g/mol. The molecule has 2 atom stereocenters. The first-order valence-corrected chi connectivity index (χ1v) is 10.5. The minimum Gasteiger partial charge on any atom is -0.449 e. The molecule has 0 radical (unpaired) electrons. The Morgan fingerprint density at radius 2 is 1.77 bits per heavy atom. The van der Waals surface area contributed by atoms with Crippen molar-refractivity contribution >= 4 is 22.8 Å². The summed E-state index contributed by atoms with van der Waals surface area (Å²) in [6.45, 7) is 4.15. The fourth-order valence-electron chi connectivity index (χ4n) is 4.01.